The summed E-state index contributed by atoms with van der Waals surface area (Å²) in [7, 11) is 0. The van der Waals surface area contributed by atoms with E-state index >= 15 is 0 Å². The molecule has 1 aromatic rings. The van der Waals surface area contributed by atoms with E-state index in [0.717, 1.165) is 22.0 Å². The fourth-order valence-corrected chi connectivity index (χ4v) is 4.67. The number of imide groups is 1. The molecule has 0 aromatic heterocycles. The van der Waals surface area contributed by atoms with Crippen molar-refractivity contribution in [2.45, 2.75) is 70.9 Å². The molecule has 2 atom stereocenters. The smallest absolute Gasteiger partial charge is 0.325 e. The number of nitrogens with one attached hydrogen (secondary N) is 1. The van der Waals surface area contributed by atoms with Crippen LogP contribution in [0.25, 0.3) is 0 Å². The van der Waals surface area contributed by atoms with Crippen LogP contribution >= 0.6 is 22.6 Å². The molecule has 1 saturated carbocycles. The van der Waals surface area contributed by atoms with Crippen molar-refractivity contribution in [3.8, 4) is 0 Å². The normalized spacial score (nSPS) is 21.9. The summed E-state index contributed by atoms with van der Waals surface area (Å²) < 4.78 is 1.12. The molecule has 1 aliphatic carbocycles. The second-order valence-electron chi connectivity index (χ2n) is 8.35. The average molecular weight is 496 g/mol. The molecule has 0 radical (unpaired) electrons. The lowest BCUT2D eigenvalue weighted by molar-refractivity contribution is -0.137. The third kappa shape index (κ3) is 4.93. The highest BCUT2D eigenvalue weighted by Crippen LogP contribution is 2.31. The van der Waals surface area contributed by atoms with E-state index < -0.39 is 18.1 Å². The second kappa shape index (κ2) is 9.37. The Morgan fingerprint density at radius 1 is 1.14 bits per heavy atom. The maximum absolute atomic E-state index is 13.1. The number of ketones is 1. The van der Waals surface area contributed by atoms with E-state index in [9.17, 15) is 14.4 Å². The number of halogens is 1. The van der Waals surface area contributed by atoms with Gasteiger partial charge in [-0.05, 0) is 52.6 Å². The Labute approximate surface area is 180 Å². The highest BCUT2D eigenvalue weighted by molar-refractivity contribution is 14.1. The predicted octanol–water partition coefficient (Wildman–Crippen LogP) is 4.32. The number of nitrogens with zero attached hydrogens (tertiary/aromatic N) is 1. The van der Waals surface area contributed by atoms with Gasteiger partial charge in [0.05, 0.1) is 0 Å². The predicted molar refractivity (Wildman–Crippen MR) is 117 cm³/mol. The first-order valence-electron chi connectivity index (χ1n) is 10.3. The minimum Gasteiger partial charge on any atom is -0.325 e. The Hall–Kier alpha value is -1.44. The Morgan fingerprint density at radius 3 is 2.39 bits per heavy atom. The molecule has 0 spiro atoms. The SMILES string of the molecule is CC(C)C(=O)[C@H](CC1CCCCC1)N1C(=O)N[C@@H](Cc2ccc(I)cc2)C1=O. The van der Waals surface area contributed by atoms with Crippen molar-refractivity contribution in [1.82, 2.24) is 10.2 Å². The average Bonchev–Trinajstić information content (AvgIpc) is 2.95. The Morgan fingerprint density at radius 2 is 1.79 bits per heavy atom. The molecule has 152 valence electrons. The van der Waals surface area contributed by atoms with Crippen LogP contribution in [-0.2, 0) is 16.0 Å². The molecule has 1 N–H and O–H groups in total. The van der Waals surface area contributed by atoms with Gasteiger partial charge in [0.25, 0.3) is 5.91 Å². The largest absolute Gasteiger partial charge is 0.325 e. The van der Waals surface area contributed by atoms with Crippen LogP contribution in [0, 0.1) is 15.4 Å². The summed E-state index contributed by atoms with van der Waals surface area (Å²) in [5, 5.41) is 2.81. The zero-order valence-corrected chi connectivity index (χ0v) is 18.8. The molecule has 6 heteroatoms. The van der Waals surface area contributed by atoms with Gasteiger partial charge < -0.3 is 5.32 Å². The van der Waals surface area contributed by atoms with Crippen molar-refractivity contribution in [3.63, 3.8) is 0 Å². The lowest BCUT2D eigenvalue weighted by Gasteiger charge is -2.31. The van der Waals surface area contributed by atoms with E-state index in [1.165, 1.54) is 24.2 Å². The molecule has 0 bridgehead atoms. The van der Waals surface area contributed by atoms with Crippen molar-refractivity contribution in [2.75, 3.05) is 0 Å². The third-order valence-corrected chi connectivity index (χ3v) is 6.61. The highest BCUT2D eigenvalue weighted by Gasteiger charge is 2.45. The van der Waals surface area contributed by atoms with Crippen molar-refractivity contribution < 1.29 is 14.4 Å². The minimum atomic E-state index is -0.641. The first-order valence-corrected chi connectivity index (χ1v) is 11.4. The quantitative estimate of drug-likeness (QED) is 0.452. The Kier molecular flexibility index (Phi) is 7.12. The van der Waals surface area contributed by atoms with Gasteiger partial charge >= 0.3 is 6.03 Å². The van der Waals surface area contributed by atoms with Crippen LogP contribution < -0.4 is 5.32 Å². The van der Waals surface area contributed by atoms with Gasteiger partial charge in [0.2, 0.25) is 0 Å². The second-order valence-corrected chi connectivity index (χ2v) is 9.60. The van der Waals surface area contributed by atoms with E-state index in [0.29, 0.717) is 18.8 Å². The lowest BCUT2D eigenvalue weighted by Crippen LogP contribution is -2.48. The number of hydrogen-bond acceptors (Lipinski definition) is 3. The molecule has 3 amide bonds. The van der Waals surface area contributed by atoms with Crippen LogP contribution in [0.15, 0.2) is 24.3 Å². The monoisotopic (exact) mass is 496 g/mol. The summed E-state index contributed by atoms with van der Waals surface area (Å²) in [6, 6.07) is 6.27. The number of hydrogen-bond donors (Lipinski definition) is 1. The molecule has 1 heterocycles. The zero-order valence-electron chi connectivity index (χ0n) is 16.6. The van der Waals surface area contributed by atoms with E-state index in [4.69, 9.17) is 0 Å². The van der Waals surface area contributed by atoms with Crippen LogP contribution in [0.1, 0.15) is 57.9 Å². The maximum Gasteiger partial charge on any atom is 0.325 e. The van der Waals surface area contributed by atoms with Crippen LogP contribution in [0.5, 0.6) is 0 Å². The minimum absolute atomic E-state index is 0.0102. The van der Waals surface area contributed by atoms with Gasteiger partial charge in [0.1, 0.15) is 12.1 Å². The van der Waals surface area contributed by atoms with Crippen LogP contribution in [-0.4, -0.2) is 34.7 Å². The van der Waals surface area contributed by atoms with Gasteiger partial charge in [-0.3, -0.25) is 14.5 Å². The fourth-order valence-electron chi connectivity index (χ4n) is 4.31. The van der Waals surface area contributed by atoms with E-state index in [2.05, 4.69) is 27.9 Å². The van der Waals surface area contributed by atoms with Crippen molar-refractivity contribution >= 4 is 40.3 Å². The zero-order chi connectivity index (χ0) is 20.3. The van der Waals surface area contributed by atoms with E-state index in [1.54, 1.807) is 0 Å². The summed E-state index contributed by atoms with van der Waals surface area (Å²) in [5.74, 6) is -0.0657. The summed E-state index contributed by atoms with van der Waals surface area (Å²) in [6.07, 6.45) is 6.79. The van der Waals surface area contributed by atoms with Crippen molar-refractivity contribution in [3.05, 3.63) is 33.4 Å². The topological polar surface area (TPSA) is 66.5 Å². The standard InChI is InChI=1S/C22H29IN2O3/c1-14(2)20(26)19(13-15-6-4-3-5-7-15)25-21(27)18(24-22(25)28)12-16-8-10-17(23)11-9-16/h8-11,14-15,18-19H,3-7,12-13H2,1-2H3,(H,24,28)/t18-,19-/m0/s1. The summed E-state index contributed by atoms with van der Waals surface area (Å²) in [5.41, 5.74) is 1.000. The maximum atomic E-state index is 13.1. The fraction of sp³-hybridized carbons (Fsp3) is 0.591. The van der Waals surface area contributed by atoms with E-state index in [1.807, 2.05) is 38.1 Å². The van der Waals surface area contributed by atoms with Crippen LogP contribution in [0.3, 0.4) is 0 Å². The number of amides is 3. The number of rotatable bonds is 7. The molecular formula is C22H29IN2O3. The van der Waals surface area contributed by atoms with Crippen LogP contribution in [0.4, 0.5) is 4.79 Å². The number of carbonyl (C=O) groups is 3. The van der Waals surface area contributed by atoms with Crippen molar-refractivity contribution in [2.24, 2.45) is 11.8 Å². The van der Waals surface area contributed by atoms with Gasteiger partial charge in [0, 0.05) is 15.9 Å². The van der Waals surface area contributed by atoms with Gasteiger partial charge in [0.15, 0.2) is 5.78 Å². The highest BCUT2D eigenvalue weighted by atomic mass is 127. The molecule has 1 saturated heterocycles. The lowest BCUT2D eigenvalue weighted by atomic mass is 9.82. The summed E-state index contributed by atoms with van der Waals surface area (Å²) in [6.45, 7) is 3.69. The Bertz CT molecular complexity index is 726. The summed E-state index contributed by atoms with van der Waals surface area (Å²) >= 11 is 2.24. The molecule has 3 rings (SSSR count). The van der Waals surface area contributed by atoms with Gasteiger partial charge in [-0.25, -0.2) is 4.79 Å². The number of Topliss-reactive ketones (excluding diaryl/α,β-unsaturated/α-hetero) is 1. The van der Waals surface area contributed by atoms with Gasteiger partial charge in [-0.15, -0.1) is 0 Å². The van der Waals surface area contributed by atoms with E-state index in [-0.39, 0.29) is 17.6 Å². The number of urea groups is 1. The van der Waals surface area contributed by atoms with Gasteiger partial charge in [-0.1, -0.05) is 58.1 Å². The summed E-state index contributed by atoms with van der Waals surface area (Å²) in [4.78, 5) is 39.9. The molecule has 2 fully saturated rings. The first kappa shape index (κ1) is 21.3. The molecule has 0 unspecified atom stereocenters. The molecular weight excluding hydrogens is 467 g/mol. The number of benzene rings is 1. The Balaban J connectivity index is 1.76. The van der Waals surface area contributed by atoms with Crippen molar-refractivity contribution in [1.29, 1.82) is 0 Å². The molecule has 1 aliphatic heterocycles. The first-order chi connectivity index (χ1) is 13.4. The third-order valence-electron chi connectivity index (χ3n) is 5.90. The van der Waals surface area contributed by atoms with Gasteiger partial charge in [-0.2, -0.15) is 0 Å². The molecule has 2 aliphatic rings. The van der Waals surface area contributed by atoms with Crippen LogP contribution in [0.2, 0.25) is 0 Å². The molecule has 1 aromatic carbocycles. The number of carbonyl (C=O) groups excluding carboxylic acids is 3. The molecule has 28 heavy (non-hydrogen) atoms. The molecule has 5 nitrogen and oxygen atoms in total.